The number of hydrogen-bond acceptors (Lipinski definition) is 4. The van der Waals surface area contributed by atoms with Gasteiger partial charge in [-0.1, -0.05) is 36.4 Å². The van der Waals surface area contributed by atoms with E-state index in [1.54, 1.807) is 43.5 Å². The van der Waals surface area contributed by atoms with Crippen LogP contribution in [0.25, 0.3) is 0 Å². The Morgan fingerprint density at radius 3 is 2.52 bits per heavy atom. The summed E-state index contributed by atoms with van der Waals surface area (Å²) in [5.74, 6) is 1.01. The molecule has 1 N–H and O–H groups in total. The lowest BCUT2D eigenvalue weighted by molar-refractivity contribution is -0.118. The molecule has 3 aromatic rings. The van der Waals surface area contributed by atoms with Gasteiger partial charge in [-0.05, 0) is 48.4 Å². The largest absolute Gasteiger partial charge is 0.497 e. The number of rotatable bonds is 7. The van der Waals surface area contributed by atoms with Gasteiger partial charge in [0.1, 0.15) is 11.5 Å². The number of nitrogens with zero attached hydrogens (tertiary/aromatic N) is 1. The summed E-state index contributed by atoms with van der Waals surface area (Å²) in [4.78, 5) is 27.1. The van der Waals surface area contributed by atoms with E-state index >= 15 is 0 Å². The first kappa shape index (κ1) is 20.5. The predicted molar refractivity (Wildman–Crippen MR) is 118 cm³/mol. The van der Waals surface area contributed by atoms with Gasteiger partial charge in [-0.25, -0.2) is 0 Å². The van der Waals surface area contributed by atoms with Gasteiger partial charge in [0.15, 0.2) is 6.61 Å². The van der Waals surface area contributed by atoms with Crippen molar-refractivity contribution >= 4 is 17.5 Å². The molecule has 158 valence electrons. The predicted octanol–water partition coefficient (Wildman–Crippen LogP) is 3.91. The molecule has 0 spiro atoms. The minimum atomic E-state index is -0.268. The molecule has 6 heteroatoms. The van der Waals surface area contributed by atoms with Crippen LogP contribution in [0, 0.1) is 0 Å². The topological polar surface area (TPSA) is 67.9 Å². The van der Waals surface area contributed by atoms with Crippen LogP contribution in [-0.2, 0) is 17.8 Å². The van der Waals surface area contributed by atoms with E-state index in [0.29, 0.717) is 36.5 Å². The molecule has 0 unspecified atom stereocenters. The van der Waals surface area contributed by atoms with Crippen molar-refractivity contribution in [3.8, 4) is 11.5 Å². The molecule has 1 heterocycles. The van der Waals surface area contributed by atoms with E-state index in [1.807, 2.05) is 41.3 Å². The van der Waals surface area contributed by atoms with Crippen LogP contribution in [0.3, 0.4) is 0 Å². The Morgan fingerprint density at radius 1 is 1.00 bits per heavy atom. The summed E-state index contributed by atoms with van der Waals surface area (Å²) < 4.78 is 10.9. The van der Waals surface area contributed by atoms with Gasteiger partial charge in [0.2, 0.25) is 0 Å². The van der Waals surface area contributed by atoms with Crippen molar-refractivity contribution in [1.82, 2.24) is 4.90 Å². The van der Waals surface area contributed by atoms with Crippen molar-refractivity contribution in [3.63, 3.8) is 0 Å². The highest BCUT2D eigenvalue weighted by atomic mass is 16.5. The van der Waals surface area contributed by atoms with Crippen molar-refractivity contribution in [2.75, 3.05) is 25.6 Å². The van der Waals surface area contributed by atoms with E-state index in [-0.39, 0.29) is 18.4 Å². The SMILES string of the molecule is COc1ccc(NC(=O)COc2cccc3c2CCN(Cc2ccccc2)C3=O)cc1. The second kappa shape index (κ2) is 9.34. The number of carbonyl (C=O) groups is 2. The van der Waals surface area contributed by atoms with Crippen molar-refractivity contribution < 1.29 is 19.1 Å². The summed E-state index contributed by atoms with van der Waals surface area (Å²) in [6.45, 7) is 1.05. The lowest BCUT2D eigenvalue weighted by Crippen LogP contribution is -2.37. The summed E-state index contributed by atoms with van der Waals surface area (Å²) in [6, 6.07) is 22.4. The molecule has 0 bridgehead atoms. The third kappa shape index (κ3) is 4.86. The van der Waals surface area contributed by atoms with E-state index in [9.17, 15) is 9.59 Å². The van der Waals surface area contributed by atoms with Crippen molar-refractivity contribution in [2.24, 2.45) is 0 Å². The fraction of sp³-hybridized carbons (Fsp3) is 0.200. The maximum Gasteiger partial charge on any atom is 0.262 e. The number of carbonyl (C=O) groups excluding carboxylic acids is 2. The summed E-state index contributed by atoms with van der Waals surface area (Å²) in [6.07, 6.45) is 0.685. The molecule has 1 aliphatic heterocycles. The molecule has 31 heavy (non-hydrogen) atoms. The van der Waals surface area contributed by atoms with E-state index in [4.69, 9.17) is 9.47 Å². The third-order valence-corrected chi connectivity index (χ3v) is 5.23. The van der Waals surface area contributed by atoms with Gasteiger partial charge < -0.3 is 19.7 Å². The highest BCUT2D eigenvalue weighted by Crippen LogP contribution is 2.29. The third-order valence-electron chi connectivity index (χ3n) is 5.23. The molecule has 4 rings (SSSR count). The monoisotopic (exact) mass is 416 g/mol. The fourth-order valence-corrected chi connectivity index (χ4v) is 3.65. The molecule has 2 amide bonds. The van der Waals surface area contributed by atoms with Crippen molar-refractivity contribution in [2.45, 2.75) is 13.0 Å². The van der Waals surface area contributed by atoms with Crippen LogP contribution in [-0.4, -0.2) is 37.0 Å². The summed E-state index contributed by atoms with van der Waals surface area (Å²) in [5, 5.41) is 2.79. The Bertz CT molecular complexity index is 1060. The van der Waals surface area contributed by atoms with Crippen LogP contribution in [0.1, 0.15) is 21.5 Å². The van der Waals surface area contributed by atoms with Crippen LogP contribution in [0.4, 0.5) is 5.69 Å². The molecular weight excluding hydrogens is 392 g/mol. The molecule has 0 saturated heterocycles. The first-order valence-electron chi connectivity index (χ1n) is 10.2. The zero-order valence-corrected chi connectivity index (χ0v) is 17.3. The average Bonchev–Trinajstić information content (AvgIpc) is 2.81. The maximum atomic E-state index is 13.0. The highest BCUT2D eigenvalue weighted by molar-refractivity contribution is 5.97. The smallest absolute Gasteiger partial charge is 0.262 e. The second-order valence-electron chi connectivity index (χ2n) is 7.31. The van der Waals surface area contributed by atoms with Crippen LogP contribution < -0.4 is 14.8 Å². The number of amides is 2. The molecule has 0 atom stereocenters. The molecule has 3 aromatic carbocycles. The molecule has 0 fully saturated rings. The van der Waals surface area contributed by atoms with Crippen molar-refractivity contribution in [1.29, 1.82) is 0 Å². The lowest BCUT2D eigenvalue weighted by atomic mass is 9.97. The Morgan fingerprint density at radius 2 is 1.77 bits per heavy atom. The number of anilines is 1. The Kier molecular flexibility index (Phi) is 6.17. The molecule has 0 aliphatic carbocycles. The first-order valence-corrected chi connectivity index (χ1v) is 10.2. The lowest BCUT2D eigenvalue weighted by Gasteiger charge is -2.29. The number of nitrogens with one attached hydrogen (secondary N) is 1. The van der Waals surface area contributed by atoms with Gasteiger partial charge in [-0.2, -0.15) is 0 Å². The van der Waals surface area contributed by atoms with E-state index in [0.717, 1.165) is 16.9 Å². The number of hydrogen-bond donors (Lipinski definition) is 1. The number of benzene rings is 3. The quantitative estimate of drug-likeness (QED) is 0.634. The van der Waals surface area contributed by atoms with Gasteiger partial charge in [0.05, 0.1) is 7.11 Å². The van der Waals surface area contributed by atoms with E-state index in [2.05, 4.69) is 5.32 Å². The minimum absolute atomic E-state index is 0.0155. The molecule has 0 radical (unpaired) electrons. The van der Waals surface area contributed by atoms with Gasteiger partial charge in [-0.15, -0.1) is 0 Å². The van der Waals surface area contributed by atoms with Crippen molar-refractivity contribution in [3.05, 3.63) is 89.5 Å². The molecule has 1 aliphatic rings. The minimum Gasteiger partial charge on any atom is -0.497 e. The Labute approximate surface area is 181 Å². The van der Waals surface area contributed by atoms with E-state index < -0.39 is 0 Å². The zero-order valence-electron chi connectivity index (χ0n) is 17.3. The van der Waals surface area contributed by atoms with Crippen LogP contribution in [0.5, 0.6) is 11.5 Å². The molecule has 6 nitrogen and oxygen atoms in total. The summed E-state index contributed by atoms with van der Waals surface area (Å²) in [7, 11) is 1.59. The molecule has 0 saturated carbocycles. The van der Waals surface area contributed by atoms with Gasteiger partial charge in [0, 0.05) is 29.9 Å². The van der Waals surface area contributed by atoms with Crippen LogP contribution in [0.2, 0.25) is 0 Å². The standard InChI is InChI=1S/C25H24N2O4/c1-30-20-12-10-19(11-13-20)26-24(28)17-31-23-9-5-8-22-21(23)14-15-27(25(22)29)16-18-6-3-2-4-7-18/h2-13H,14-17H2,1H3,(H,26,28). The zero-order chi connectivity index (χ0) is 21.6. The van der Waals surface area contributed by atoms with Gasteiger partial charge >= 0.3 is 0 Å². The van der Waals surface area contributed by atoms with Crippen LogP contribution >= 0.6 is 0 Å². The number of fused-ring (bicyclic) bond motifs is 1. The van der Waals surface area contributed by atoms with Gasteiger partial charge in [-0.3, -0.25) is 9.59 Å². The number of ether oxygens (including phenoxy) is 2. The van der Waals surface area contributed by atoms with E-state index in [1.165, 1.54) is 0 Å². The Balaban J connectivity index is 1.39. The Hall–Kier alpha value is -3.80. The first-order chi connectivity index (χ1) is 15.1. The molecule has 0 aromatic heterocycles. The fourth-order valence-electron chi connectivity index (χ4n) is 3.65. The average molecular weight is 416 g/mol. The molecular formula is C25H24N2O4. The normalized spacial score (nSPS) is 12.8. The second-order valence-corrected chi connectivity index (χ2v) is 7.31. The highest BCUT2D eigenvalue weighted by Gasteiger charge is 2.26. The summed E-state index contributed by atoms with van der Waals surface area (Å²) in [5.41, 5.74) is 3.25. The number of methoxy groups -OCH3 is 1. The van der Waals surface area contributed by atoms with Crippen LogP contribution in [0.15, 0.2) is 72.8 Å². The maximum absolute atomic E-state index is 13.0. The van der Waals surface area contributed by atoms with Gasteiger partial charge in [0.25, 0.3) is 11.8 Å². The summed E-state index contributed by atoms with van der Waals surface area (Å²) >= 11 is 0.